The summed E-state index contributed by atoms with van der Waals surface area (Å²) < 4.78 is 13.5. The lowest BCUT2D eigenvalue weighted by molar-refractivity contribution is -0.112. The van der Waals surface area contributed by atoms with E-state index in [1.54, 1.807) is 38.3 Å². The molecule has 0 heterocycles. The third-order valence-electron chi connectivity index (χ3n) is 3.35. The van der Waals surface area contributed by atoms with E-state index in [2.05, 4.69) is 23.3 Å². The number of nitrogens with zero attached hydrogens (tertiary/aromatic N) is 1. The van der Waals surface area contributed by atoms with Crippen LogP contribution in [0, 0.1) is 12.7 Å². The predicted octanol–water partition coefficient (Wildman–Crippen LogP) is 6.03. The molecule has 0 aliphatic rings. The molecule has 4 heteroatoms. The third kappa shape index (κ3) is 8.56. The molecule has 0 fully saturated rings. The molecule has 1 rings (SSSR count). The van der Waals surface area contributed by atoms with Crippen molar-refractivity contribution in [1.29, 1.82) is 0 Å². The highest BCUT2D eigenvalue weighted by molar-refractivity contribution is 6.17. The molecule has 0 unspecified atom stereocenters. The molecule has 1 N–H and O–H groups in total. The van der Waals surface area contributed by atoms with Gasteiger partial charge in [0, 0.05) is 11.9 Å². The number of hydrogen-bond donors (Lipinski definition) is 1. The average molecular weight is 359 g/mol. The second-order valence-electron chi connectivity index (χ2n) is 5.32. The van der Waals surface area contributed by atoms with Crippen molar-refractivity contribution < 1.29 is 9.18 Å². The summed E-state index contributed by atoms with van der Waals surface area (Å²) in [5, 5.41) is 2.68. The molecule has 142 valence electrons. The van der Waals surface area contributed by atoms with Crippen LogP contribution in [-0.4, -0.2) is 18.7 Å². The summed E-state index contributed by atoms with van der Waals surface area (Å²) >= 11 is 0. The molecule has 1 amide bonds. The Hall–Kier alpha value is -2.49. The van der Waals surface area contributed by atoms with Gasteiger partial charge in [-0.25, -0.2) is 4.39 Å². The number of aryl methyl sites for hydroxylation is 1. The van der Waals surface area contributed by atoms with Crippen LogP contribution >= 0.6 is 0 Å². The highest BCUT2D eigenvalue weighted by Gasteiger charge is 2.08. The second kappa shape index (κ2) is 13.8. The lowest BCUT2D eigenvalue weighted by Gasteiger charge is -2.06. The maximum absolute atomic E-state index is 13.5. The minimum Gasteiger partial charge on any atom is -0.322 e. The molecule has 0 saturated heterocycles. The number of carbonyl (C=O) groups excluding carboxylic acids is 1. The topological polar surface area (TPSA) is 41.5 Å². The lowest BCUT2D eigenvalue weighted by Crippen LogP contribution is -2.15. The molecule has 0 aliphatic carbocycles. The van der Waals surface area contributed by atoms with Gasteiger partial charge in [-0.2, -0.15) is 0 Å². The SMILES string of the molecule is C/C=C\C(=C/CC)CN=C/C(=C\C)C(=O)Nc1ccc(C)c(F)c1.CC. The van der Waals surface area contributed by atoms with Crippen molar-refractivity contribution in [2.24, 2.45) is 4.99 Å². The van der Waals surface area contributed by atoms with Crippen LogP contribution in [0.25, 0.3) is 0 Å². The quantitative estimate of drug-likeness (QED) is 0.361. The summed E-state index contributed by atoms with van der Waals surface area (Å²) in [7, 11) is 0. The normalized spacial score (nSPS) is 12.3. The number of nitrogens with one attached hydrogen (secondary N) is 1. The number of amides is 1. The molecule has 0 aromatic heterocycles. The van der Waals surface area contributed by atoms with Gasteiger partial charge >= 0.3 is 0 Å². The Kier molecular flexibility index (Phi) is 12.4. The molecule has 0 aliphatic heterocycles. The fraction of sp³-hybridized carbons (Fsp3) is 0.364. The number of benzene rings is 1. The molecule has 0 atom stereocenters. The monoisotopic (exact) mass is 358 g/mol. The summed E-state index contributed by atoms with van der Waals surface area (Å²) in [6, 6.07) is 4.62. The van der Waals surface area contributed by atoms with E-state index < -0.39 is 0 Å². The van der Waals surface area contributed by atoms with Crippen LogP contribution in [0.5, 0.6) is 0 Å². The van der Waals surface area contributed by atoms with Crippen LogP contribution in [0.2, 0.25) is 0 Å². The summed E-state index contributed by atoms with van der Waals surface area (Å²) in [6.07, 6.45) is 10.2. The van der Waals surface area contributed by atoms with Gasteiger partial charge in [0.25, 0.3) is 5.91 Å². The van der Waals surface area contributed by atoms with E-state index >= 15 is 0 Å². The highest BCUT2D eigenvalue weighted by atomic mass is 19.1. The number of halogens is 1. The zero-order valence-electron chi connectivity index (χ0n) is 16.8. The zero-order valence-corrected chi connectivity index (χ0v) is 16.8. The number of anilines is 1. The van der Waals surface area contributed by atoms with E-state index in [9.17, 15) is 9.18 Å². The van der Waals surface area contributed by atoms with Gasteiger partial charge in [0.15, 0.2) is 0 Å². The van der Waals surface area contributed by atoms with Gasteiger partial charge in [-0.3, -0.25) is 9.79 Å². The van der Waals surface area contributed by atoms with Gasteiger partial charge in [0.2, 0.25) is 0 Å². The highest BCUT2D eigenvalue weighted by Crippen LogP contribution is 2.14. The second-order valence-corrected chi connectivity index (χ2v) is 5.32. The first-order valence-electron chi connectivity index (χ1n) is 9.07. The Morgan fingerprint density at radius 3 is 2.50 bits per heavy atom. The Morgan fingerprint density at radius 1 is 1.27 bits per heavy atom. The van der Waals surface area contributed by atoms with Crippen molar-refractivity contribution in [3.05, 3.63) is 65.0 Å². The minimum atomic E-state index is -0.343. The van der Waals surface area contributed by atoms with Crippen molar-refractivity contribution >= 4 is 17.8 Å². The summed E-state index contributed by atoms with van der Waals surface area (Å²) in [5.74, 6) is -0.652. The number of carbonyl (C=O) groups is 1. The molecule has 0 radical (unpaired) electrons. The lowest BCUT2D eigenvalue weighted by atomic mass is 10.2. The van der Waals surface area contributed by atoms with Crippen molar-refractivity contribution in [2.45, 2.75) is 48.0 Å². The van der Waals surface area contributed by atoms with Crippen molar-refractivity contribution in [1.82, 2.24) is 0 Å². The van der Waals surface area contributed by atoms with Crippen molar-refractivity contribution in [2.75, 3.05) is 11.9 Å². The molecule has 1 aromatic carbocycles. The number of aliphatic imine (C=N–C) groups is 1. The van der Waals surface area contributed by atoms with E-state index in [0.29, 0.717) is 23.4 Å². The predicted molar refractivity (Wildman–Crippen MR) is 111 cm³/mol. The van der Waals surface area contributed by atoms with Gasteiger partial charge < -0.3 is 5.32 Å². The summed E-state index contributed by atoms with van der Waals surface area (Å²) in [6.45, 7) is 12.0. The average Bonchev–Trinajstić information content (AvgIpc) is 2.63. The zero-order chi connectivity index (χ0) is 19.9. The van der Waals surface area contributed by atoms with E-state index in [-0.39, 0.29) is 11.7 Å². The van der Waals surface area contributed by atoms with E-state index in [1.165, 1.54) is 6.07 Å². The van der Waals surface area contributed by atoms with Crippen LogP contribution in [-0.2, 0) is 4.79 Å². The van der Waals surface area contributed by atoms with Crippen molar-refractivity contribution in [3.8, 4) is 0 Å². The molecule has 1 aromatic rings. The fourth-order valence-corrected chi connectivity index (χ4v) is 2.05. The van der Waals surface area contributed by atoms with Crippen LogP contribution in [0.4, 0.5) is 10.1 Å². The Balaban J connectivity index is 0.00000301. The Morgan fingerprint density at radius 2 is 1.96 bits per heavy atom. The number of hydrogen-bond acceptors (Lipinski definition) is 2. The van der Waals surface area contributed by atoms with Crippen LogP contribution in [0.15, 0.2) is 58.6 Å². The van der Waals surface area contributed by atoms with Gasteiger partial charge in [-0.05, 0) is 50.5 Å². The molecular weight excluding hydrogens is 327 g/mol. The van der Waals surface area contributed by atoms with E-state index in [1.807, 2.05) is 32.9 Å². The first-order valence-corrected chi connectivity index (χ1v) is 9.07. The van der Waals surface area contributed by atoms with Crippen LogP contribution < -0.4 is 5.32 Å². The minimum absolute atomic E-state index is 0.309. The largest absolute Gasteiger partial charge is 0.322 e. The Bertz CT molecular complexity index is 685. The molecule has 0 spiro atoms. The number of allylic oxidation sites excluding steroid dienone is 3. The van der Waals surface area contributed by atoms with Crippen molar-refractivity contribution in [3.63, 3.8) is 0 Å². The van der Waals surface area contributed by atoms with E-state index in [4.69, 9.17) is 0 Å². The third-order valence-corrected chi connectivity index (χ3v) is 3.35. The fourth-order valence-electron chi connectivity index (χ4n) is 2.05. The Labute approximate surface area is 157 Å². The molecule has 3 nitrogen and oxygen atoms in total. The van der Waals surface area contributed by atoms with Gasteiger partial charge in [0.05, 0.1) is 12.1 Å². The standard InChI is InChI=1S/C20H25FN2O.C2H6/c1-5-8-16(9-6-2)13-22-14-17(7-3)20(24)23-18-11-10-15(4)19(21)12-18;1-2/h5,7-12,14H,6,13H2,1-4H3,(H,23,24);1-2H3/b8-5-,16-9+,17-7+,22-14?;. The van der Waals surface area contributed by atoms with Gasteiger partial charge in [0.1, 0.15) is 5.82 Å². The molecule has 26 heavy (non-hydrogen) atoms. The summed E-state index contributed by atoms with van der Waals surface area (Å²) in [5.41, 5.74) is 2.51. The van der Waals surface area contributed by atoms with E-state index in [0.717, 1.165) is 12.0 Å². The number of rotatable bonds is 7. The molecule has 0 bridgehead atoms. The van der Waals surface area contributed by atoms with Crippen LogP contribution in [0.1, 0.15) is 46.6 Å². The smallest absolute Gasteiger partial charge is 0.256 e. The molecule has 0 saturated carbocycles. The van der Waals surface area contributed by atoms with Gasteiger partial charge in [-0.15, -0.1) is 0 Å². The first kappa shape index (κ1) is 23.5. The first-order chi connectivity index (χ1) is 12.5. The molecular formula is C22H31FN2O. The van der Waals surface area contributed by atoms with Crippen LogP contribution in [0.3, 0.4) is 0 Å². The maximum Gasteiger partial charge on any atom is 0.256 e. The van der Waals surface area contributed by atoms with Gasteiger partial charge in [-0.1, -0.05) is 51.1 Å². The maximum atomic E-state index is 13.5. The summed E-state index contributed by atoms with van der Waals surface area (Å²) in [4.78, 5) is 16.6.